The highest BCUT2D eigenvalue weighted by molar-refractivity contribution is 6.51. The normalized spacial score (nSPS) is 18.4. The van der Waals surface area contributed by atoms with E-state index >= 15 is 0 Å². The van der Waals surface area contributed by atoms with E-state index in [0.717, 1.165) is 0 Å². The van der Waals surface area contributed by atoms with Crippen molar-refractivity contribution in [1.82, 2.24) is 4.98 Å². The molecule has 5 rings (SSSR count). The molecule has 2 aliphatic rings. The Morgan fingerprint density at radius 3 is 2.57 bits per heavy atom. The zero-order chi connectivity index (χ0) is 24.4. The van der Waals surface area contributed by atoms with Gasteiger partial charge in [-0.25, -0.2) is 4.98 Å². The van der Waals surface area contributed by atoms with Crippen LogP contribution < -0.4 is 19.1 Å². The summed E-state index contributed by atoms with van der Waals surface area (Å²) in [5.41, 5.74) is 0.904. The Balaban J connectivity index is 1.64. The largest absolute Gasteiger partial charge is 0.507 e. The van der Waals surface area contributed by atoms with Gasteiger partial charge in [0.25, 0.3) is 5.78 Å². The van der Waals surface area contributed by atoms with Crippen molar-refractivity contribution in [3.05, 3.63) is 96.2 Å². The van der Waals surface area contributed by atoms with Gasteiger partial charge < -0.3 is 19.3 Å². The third kappa shape index (κ3) is 4.10. The molecule has 0 bridgehead atoms. The molecule has 8 heteroatoms. The van der Waals surface area contributed by atoms with Gasteiger partial charge in [0, 0.05) is 11.8 Å². The van der Waals surface area contributed by atoms with E-state index in [1.54, 1.807) is 72.9 Å². The van der Waals surface area contributed by atoms with Crippen molar-refractivity contribution in [3.63, 3.8) is 0 Å². The Labute approximate surface area is 201 Å². The number of ether oxygens (including phenoxy) is 3. The summed E-state index contributed by atoms with van der Waals surface area (Å²) in [6.45, 7) is 4.79. The maximum Gasteiger partial charge on any atom is 0.301 e. The maximum absolute atomic E-state index is 13.3. The number of aromatic nitrogens is 1. The van der Waals surface area contributed by atoms with Crippen molar-refractivity contribution in [1.29, 1.82) is 0 Å². The molecule has 0 saturated carbocycles. The average molecular weight is 470 g/mol. The molecule has 176 valence electrons. The third-order valence-corrected chi connectivity index (χ3v) is 5.72. The topological polar surface area (TPSA) is 98.2 Å². The number of carbonyl (C=O) groups is 2. The van der Waals surface area contributed by atoms with E-state index in [1.165, 1.54) is 4.90 Å². The first kappa shape index (κ1) is 22.2. The lowest BCUT2D eigenvalue weighted by Crippen LogP contribution is -2.30. The Morgan fingerprint density at radius 1 is 1.09 bits per heavy atom. The predicted molar refractivity (Wildman–Crippen MR) is 129 cm³/mol. The average Bonchev–Trinajstić information content (AvgIpc) is 3.17. The molecule has 1 fully saturated rings. The monoisotopic (exact) mass is 470 g/mol. The predicted octanol–water partition coefficient (Wildman–Crippen LogP) is 4.04. The van der Waals surface area contributed by atoms with Gasteiger partial charge in [-0.05, 0) is 48.0 Å². The maximum atomic E-state index is 13.3. The van der Waals surface area contributed by atoms with Gasteiger partial charge in [-0.1, -0.05) is 30.9 Å². The summed E-state index contributed by atoms with van der Waals surface area (Å²) in [7, 11) is 0. The first-order valence-corrected chi connectivity index (χ1v) is 11.0. The fourth-order valence-corrected chi connectivity index (χ4v) is 4.13. The molecule has 3 aromatic rings. The van der Waals surface area contributed by atoms with Gasteiger partial charge in [-0.15, -0.1) is 0 Å². The number of pyridine rings is 1. The van der Waals surface area contributed by atoms with E-state index in [2.05, 4.69) is 11.6 Å². The smallest absolute Gasteiger partial charge is 0.301 e. The van der Waals surface area contributed by atoms with Crippen LogP contribution in [0.25, 0.3) is 5.76 Å². The van der Waals surface area contributed by atoms with E-state index < -0.39 is 17.7 Å². The fraction of sp³-hybridized carbons (Fsp3) is 0.148. The molecule has 0 spiro atoms. The van der Waals surface area contributed by atoms with Gasteiger partial charge >= 0.3 is 5.91 Å². The second-order valence-electron chi connectivity index (χ2n) is 7.88. The Morgan fingerprint density at radius 2 is 1.86 bits per heavy atom. The summed E-state index contributed by atoms with van der Waals surface area (Å²) in [4.78, 5) is 32.0. The van der Waals surface area contributed by atoms with Crippen LogP contribution in [0.15, 0.2) is 85.1 Å². The lowest BCUT2D eigenvalue weighted by Gasteiger charge is -2.24. The summed E-state index contributed by atoms with van der Waals surface area (Å²) in [5, 5.41) is 11.3. The second kappa shape index (κ2) is 9.34. The summed E-state index contributed by atoms with van der Waals surface area (Å²) in [6, 6.07) is 16.1. The van der Waals surface area contributed by atoms with Crippen LogP contribution in [0, 0.1) is 0 Å². The van der Waals surface area contributed by atoms with Gasteiger partial charge in [0.15, 0.2) is 11.5 Å². The third-order valence-electron chi connectivity index (χ3n) is 5.72. The number of fused-ring (bicyclic) bond motifs is 1. The second-order valence-corrected chi connectivity index (χ2v) is 7.88. The van der Waals surface area contributed by atoms with Gasteiger partial charge in [0.05, 0.1) is 11.6 Å². The minimum Gasteiger partial charge on any atom is -0.507 e. The molecule has 1 aromatic heterocycles. The quantitative estimate of drug-likeness (QED) is 0.251. The lowest BCUT2D eigenvalue weighted by atomic mass is 9.95. The first-order chi connectivity index (χ1) is 17.1. The van der Waals surface area contributed by atoms with Crippen molar-refractivity contribution >= 4 is 23.3 Å². The van der Waals surface area contributed by atoms with Crippen LogP contribution in [-0.4, -0.2) is 41.6 Å². The zero-order valence-electron chi connectivity index (χ0n) is 18.7. The van der Waals surface area contributed by atoms with Crippen LogP contribution in [0.1, 0.15) is 17.2 Å². The molecule has 35 heavy (non-hydrogen) atoms. The van der Waals surface area contributed by atoms with Crippen molar-refractivity contribution in [2.75, 3.05) is 24.7 Å². The van der Waals surface area contributed by atoms with Crippen LogP contribution in [0.4, 0.5) is 5.82 Å². The molecule has 1 unspecified atom stereocenters. The van der Waals surface area contributed by atoms with Crippen LogP contribution in [0.2, 0.25) is 0 Å². The zero-order valence-corrected chi connectivity index (χ0v) is 18.7. The van der Waals surface area contributed by atoms with Gasteiger partial charge in [-0.3, -0.25) is 14.5 Å². The molecule has 1 atom stereocenters. The highest BCUT2D eigenvalue weighted by Gasteiger charge is 2.47. The highest BCUT2D eigenvalue weighted by atomic mass is 16.6. The number of hydrogen-bond donors (Lipinski definition) is 1. The Kier molecular flexibility index (Phi) is 5.93. The summed E-state index contributed by atoms with van der Waals surface area (Å²) >= 11 is 0. The number of aliphatic hydroxyl groups is 1. The molecule has 3 heterocycles. The number of benzene rings is 2. The van der Waals surface area contributed by atoms with Gasteiger partial charge in [0.1, 0.15) is 37.1 Å². The van der Waals surface area contributed by atoms with Crippen LogP contribution >= 0.6 is 0 Å². The molecule has 1 N–H and O–H groups in total. The number of carbonyl (C=O) groups excluding carboxylic acids is 2. The van der Waals surface area contributed by atoms with E-state index in [0.29, 0.717) is 54.0 Å². The van der Waals surface area contributed by atoms with Crippen LogP contribution in [0.5, 0.6) is 17.2 Å². The lowest BCUT2D eigenvalue weighted by molar-refractivity contribution is -0.132. The summed E-state index contributed by atoms with van der Waals surface area (Å²) in [5.74, 6) is 0.0200. The molecule has 0 aliphatic carbocycles. The molecule has 2 aromatic carbocycles. The van der Waals surface area contributed by atoms with E-state index in [-0.39, 0.29) is 11.3 Å². The van der Waals surface area contributed by atoms with E-state index in [1.807, 2.05) is 0 Å². The Bertz CT molecular complexity index is 1320. The number of amides is 1. The molecule has 1 amide bonds. The minimum absolute atomic E-state index is 0.0444. The highest BCUT2D eigenvalue weighted by Crippen LogP contribution is 2.43. The van der Waals surface area contributed by atoms with E-state index in [9.17, 15) is 14.7 Å². The first-order valence-electron chi connectivity index (χ1n) is 11.0. The molecular formula is C27H22N2O6. The van der Waals surface area contributed by atoms with Crippen molar-refractivity contribution in [3.8, 4) is 17.2 Å². The van der Waals surface area contributed by atoms with Crippen LogP contribution in [-0.2, 0) is 9.59 Å². The number of Topliss-reactive ketones (excluding diaryl/α,β-unsaturated/α-hetero) is 1. The SMILES string of the molecule is C=CCOc1ccc(C2/C(=C(\O)c3ccc4c(c3)OCCO4)C(=O)C(=O)N2c2ccccn2)cc1. The summed E-state index contributed by atoms with van der Waals surface area (Å²) < 4.78 is 16.7. The van der Waals surface area contributed by atoms with E-state index in [4.69, 9.17) is 14.2 Å². The number of aliphatic hydroxyl groups excluding tert-OH is 1. The molecule has 2 aliphatic heterocycles. The fourth-order valence-electron chi connectivity index (χ4n) is 4.13. The summed E-state index contributed by atoms with van der Waals surface area (Å²) in [6.07, 6.45) is 3.18. The molecule has 0 radical (unpaired) electrons. The van der Waals surface area contributed by atoms with Crippen molar-refractivity contribution in [2.24, 2.45) is 0 Å². The van der Waals surface area contributed by atoms with Gasteiger partial charge in [-0.2, -0.15) is 0 Å². The number of nitrogens with zero attached hydrogens (tertiary/aromatic N) is 2. The number of hydrogen-bond acceptors (Lipinski definition) is 7. The van der Waals surface area contributed by atoms with Crippen LogP contribution in [0.3, 0.4) is 0 Å². The van der Waals surface area contributed by atoms with Gasteiger partial charge in [0.2, 0.25) is 0 Å². The van der Waals surface area contributed by atoms with Crippen molar-refractivity contribution < 1.29 is 28.9 Å². The number of ketones is 1. The molecule has 8 nitrogen and oxygen atoms in total. The Hall–Kier alpha value is -4.59. The number of rotatable bonds is 6. The number of anilines is 1. The standard InChI is InChI=1S/C27H22N2O6/c1-2-13-33-19-9-6-17(7-10-19)24-23(26(31)27(32)29(24)22-5-3-4-12-28-22)25(30)18-8-11-20-21(16-18)35-15-14-34-20/h2-12,16,24,30H,1,13-15H2/b25-23+. The minimum atomic E-state index is -0.897. The van der Waals surface area contributed by atoms with Crippen molar-refractivity contribution in [2.45, 2.75) is 6.04 Å². The molecule has 1 saturated heterocycles. The molecular weight excluding hydrogens is 448 g/mol.